The zero-order valence-electron chi connectivity index (χ0n) is 20.3. The van der Waals surface area contributed by atoms with Gasteiger partial charge in [0.05, 0.1) is 45.6 Å². The SMILES string of the molecule is COc1cnc([C@H](O)[C@@H](C)S(=O)(=O)Nc2nnc(-c3cnccn3)n2-c2c(OC)cccc2OC)cn1. The van der Waals surface area contributed by atoms with Gasteiger partial charge in [-0.2, -0.15) is 0 Å². The Labute approximate surface area is 212 Å². The first-order chi connectivity index (χ1) is 17.8. The third-order valence-electron chi connectivity index (χ3n) is 5.41. The van der Waals surface area contributed by atoms with Gasteiger partial charge >= 0.3 is 0 Å². The smallest absolute Gasteiger partial charge is 0.243 e. The molecule has 0 bridgehead atoms. The number of hydrogen-bond donors (Lipinski definition) is 2. The molecule has 0 amide bonds. The van der Waals surface area contributed by atoms with Gasteiger partial charge in [0.25, 0.3) is 0 Å². The van der Waals surface area contributed by atoms with Crippen molar-refractivity contribution in [2.45, 2.75) is 18.3 Å². The number of anilines is 1. The molecule has 0 aliphatic rings. The van der Waals surface area contributed by atoms with Gasteiger partial charge in [0.2, 0.25) is 21.9 Å². The molecule has 0 radical (unpaired) electrons. The van der Waals surface area contributed by atoms with Crippen LogP contribution < -0.4 is 18.9 Å². The number of benzene rings is 1. The second-order valence-corrected chi connectivity index (χ2v) is 9.60. The molecule has 2 N–H and O–H groups in total. The van der Waals surface area contributed by atoms with Gasteiger partial charge in [-0.25, -0.2) is 18.4 Å². The molecule has 0 aliphatic heterocycles. The van der Waals surface area contributed by atoms with E-state index in [1.165, 1.54) is 63.8 Å². The van der Waals surface area contributed by atoms with Crippen LogP contribution in [-0.4, -0.2) is 74.8 Å². The summed E-state index contributed by atoms with van der Waals surface area (Å²) in [5, 5.41) is 17.6. The highest BCUT2D eigenvalue weighted by Crippen LogP contribution is 2.37. The van der Waals surface area contributed by atoms with Crippen LogP contribution in [0, 0.1) is 0 Å². The van der Waals surface area contributed by atoms with Crippen molar-refractivity contribution in [2.24, 2.45) is 0 Å². The quantitative estimate of drug-likeness (QED) is 0.303. The molecule has 0 saturated heterocycles. The average Bonchev–Trinajstić information content (AvgIpc) is 3.34. The van der Waals surface area contributed by atoms with Gasteiger partial charge in [0.15, 0.2) is 5.82 Å². The summed E-state index contributed by atoms with van der Waals surface area (Å²) < 4.78 is 46.5. The van der Waals surface area contributed by atoms with E-state index in [1.807, 2.05) is 0 Å². The Kier molecular flexibility index (Phi) is 7.45. The number of methoxy groups -OCH3 is 3. The van der Waals surface area contributed by atoms with Crippen LogP contribution in [0.3, 0.4) is 0 Å². The molecule has 15 heteroatoms. The highest BCUT2D eigenvalue weighted by molar-refractivity contribution is 7.93. The van der Waals surface area contributed by atoms with Gasteiger partial charge in [-0.1, -0.05) is 6.07 Å². The summed E-state index contributed by atoms with van der Waals surface area (Å²) in [6.07, 6.45) is 5.42. The Hall–Kier alpha value is -4.37. The largest absolute Gasteiger partial charge is 0.494 e. The highest BCUT2D eigenvalue weighted by atomic mass is 32.2. The Morgan fingerprint density at radius 2 is 1.68 bits per heavy atom. The van der Waals surface area contributed by atoms with Crippen LogP contribution in [0.5, 0.6) is 17.4 Å². The topological polar surface area (TPSA) is 176 Å². The van der Waals surface area contributed by atoms with Gasteiger partial charge in [-0.15, -0.1) is 10.2 Å². The number of rotatable bonds is 10. The minimum Gasteiger partial charge on any atom is -0.494 e. The van der Waals surface area contributed by atoms with Gasteiger partial charge in [-0.3, -0.25) is 19.3 Å². The van der Waals surface area contributed by atoms with Gasteiger partial charge in [-0.05, 0) is 19.1 Å². The number of nitrogens with one attached hydrogen (secondary N) is 1. The van der Waals surface area contributed by atoms with Crippen molar-refractivity contribution in [1.29, 1.82) is 0 Å². The van der Waals surface area contributed by atoms with E-state index in [9.17, 15) is 13.5 Å². The maximum absolute atomic E-state index is 13.4. The molecule has 1 aromatic carbocycles. The third-order valence-corrected chi connectivity index (χ3v) is 7.11. The molecule has 0 spiro atoms. The minimum absolute atomic E-state index is 0.0480. The van der Waals surface area contributed by atoms with E-state index >= 15 is 0 Å². The monoisotopic (exact) mass is 528 g/mol. The number of aliphatic hydroxyl groups is 1. The number of ether oxygens (including phenoxy) is 3. The van der Waals surface area contributed by atoms with E-state index < -0.39 is 21.4 Å². The lowest BCUT2D eigenvalue weighted by Crippen LogP contribution is -2.32. The van der Waals surface area contributed by atoms with Gasteiger partial charge in [0.1, 0.15) is 34.2 Å². The van der Waals surface area contributed by atoms with E-state index in [2.05, 4.69) is 34.9 Å². The fourth-order valence-electron chi connectivity index (χ4n) is 3.41. The Morgan fingerprint density at radius 3 is 2.24 bits per heavy atom. The second-order valence-electron chi connectivity index (χ2n) is 7.57. The van der Waals surface area contributed by atoms with Crippen LogP contribution in [-0.2, 0) is 10.0 Å². The number of para-hydroxylation sites is 1. The van der Waals surface area contributed by atoms with E-state index in [-0.39, 0.29) is 23.3 Å². The summed E-state index contributed by atoms with van der Waals surface area (Å²) in [6, 6.07) is 5.06. The summed E-state index contributed by atoms with van der Waals surface area (Å²) in [5.74, 6) is 0.906. The van der Waals surface area contributed by atoms with E-state index in [0.717, 1.165) is 0 Å². The first-order valence-electron chi connectivity index (χ1n) is 10.8. The highest BCUT2D eigenvalue weighted by Gasteiger charge is 2.33. The Morgan fingerprint density at radius 1 is 0.946 bits per heavy atom. The van der Waals surface area contributed by atoms with E-state index in [1.54, 1.807) is 18.2 Å². The molecule has 14 nitrogen and oxygen atoms in total. The van der Waals surface area contributed by atoms with Crippen molar-refractivity contribution in [2.75, 3.05) is 26.1 Å². The van der Waals surface area contributed by atoms with Crippen molar-refractivity contribution in [1.82, 2.24) is 34.7 Å². The molecular formula is C22H24N8O6S. The standard InChI is InChI=1S/C22H24N8O6S/c1-13(20(31)14-11-26-18(36-4)12-25-14)37(32,33)29-22-28-27-21(15-10-23-8-9-24-15)30(22)19-16(34-2)6-5-7-17(19)35-3/h5-13,20,31H,1-4H3,(H,28,29)/t13-,20-/m1/s1. The summed E-state index contributed by atoms with van der Waals surface area (Å²) >= 11 is 0. The fraction of sp³-hybridized carbons (Fsp3) is 0.273. The van der Waals surface area contributed by atoms with Crippen LogP contribution >= 0.6 is 0 Å². The number of aliphatic hydroxyl groups excluding tert-OH is 1. The van der Waals surface area contributed by atoms with Crippen molar-refractivity contribution >= 4 is 16.0 Å². The minimum atomic E-state index is -4.25. The molecule has 4 rings (SSSR count). The summed E-state index contributed by atoms with van der Waals surface area (Å²) in [7, 11) is 0.0832. The number of nitrogens with zero attached hydrogens (tertiary/aromatic N) is 7. The van der Waals surface area contributed by atoms with Gasteiger partial charge < -0.3 is 19.3 Å². The molecule has 0 fully saturated rings. The lowest BCUT2D eigenvalue weighted by molar-refractivity contribution is 0.170. The predicted octanol–water partition coefficient (Wildman–Crippen LogP) is 1.40. The van der Waals surface area contributed by atoms with Crippen LogP contribution in [0.2, 0.25) is 0 Å². The van der Waals surface area contributed by atoms with Crippen LogP contribution in [0.1, 0.15) is 18.7 Å². The van der Waals surface area contributed by atoms with Crippen molar-refractivity contribution in [3.8, 4) is 34.6 Å². The number of aromatic nitrogens is 7. The summed E-state index contributed by atoms with van der Waals surface area (Å²) in [6.45, 7) is 1.33. The molecule has 0 aliphatic carbocycles. The Balaban J connectivity index is 1.79. The van der Waals surface area contributed by atoms with E-state index in [0.29, 0.717) is 22.9 Å². The molecule has 37 heavy (non-hydrogen) atoms. The maximum atomic E-state index is 13.4. The first-order valence-corrected chi connectivity index (χ1v) is 12.3. The lowest BCUT2D eigenvalue weighted by atomic mass is 10.2. The average molecular weight is 529 g/mol. The molecule has 4 aromatic rings. The zero-order chi connectivity index (χ0) is 26.6. The summed E-state index contributed by atoms with van der Waals surface area (Å²) in [5.41, 5.74) is 0.687. The van der Waals surface area contributed by atoms with Crippen molar-refractivity contribution in [3.63, 3.8) is 0 Å². The summed E-state index contributed by atoms with van der Waals surface area (Å²) in [4.78, 5) is 16.3. The number of sulfonamides is 1. The first kappa shape index (κ1) is 25.7. The molecule has 194 valence electrons. The third kappa shape index (κ3) is 5.12. The molecule has 0 saturated carbocycles. The van der Waals surface area contributed by atoms with Crippen LogP contribution in [0.25, 0.3) is 17.2 Å². The van der Waals surface area contributed by atoms with Crippen molar-refractivity contribution < 1.29 is 27.7 Å². The fourth-order valence-corrected chi connectivity index (χ4v) is 4.46. The molecule has 3 heterocycles. The zero-order valence-corrected chi connectivity index (χ0v) is 21.1. The molecule has 2 atom stereocenters. The van der Waals surface area contributed by atoms with Crippen molar-refractivity contribution in [3.05, 3.63) is 54.9 Å². The number of hydrogen-bond acceptors (Lipinski definition) is 12. The van der Waals surface area contributed by atoms with E-state index in [4.69, 9.17) is 14.2 Å². The molecular weight excluding hydrogens is 504 g/mol. The maximum Gasteiger partial charge on any atom is 0.243 e. The molecule has 0 unspecified atom stereocenters. The normalized spacial score (nSPS) is 13.0. The Bertz CT molecular complexity index is 1440. The van der Waals surface area contributed by atoms with Crippen LogP contribution in [0.4, 0.5) is 5.95 Å². The lowest BCUT2D eigenvalue weighted by Gasteiger charge is -2.21. The van der Waals surface area contributed by atoms with Gasteiger partial charge in [0, 0.05) is 12.4 Å². The molecule has 3 aromatic heterocycles. The van der Waals surface area contributed by atoms with Crippen LogP contribution in [0.15, 0.2) is 49.2 Å². The predicted molar refractivity (Wildman–Crippen MR) is 131 cm³/mol. The second kappa shape index (κ2) is 10.7.